The zero-order valence-electron chi connectivity index (χ0n) is 5.44. The van der Waals surface area contributed by atoms with Gasteiger partial charge in [0.05, 0.1) is 11.3 Å². The van der Waals surface area contributed by atoms with Crippen molar-refractivity contribution in [1.29, 1.82) is 5.26 Å². The fourth-order valence-corrected chi connectivity index (χ4v) is 1.49. The Kier molecular flexibility index (Phi) is 2.73. The smallest absolute Gasteiger partial charge is 0.101 e. The third-order valence-corrected chi connectivity index (χ3v) is 3.50. The van der Waals surface area contributed by atoms with Gasteiger partial charge in [0, 0.05) is 8.04 Å². The normalized spacial score (nSPS) is 9.18. The number of nitriles is 1. The van der Waals surface area contributed by atoms with Gasteiger partial charge in [0.25, 0.3) is 0 Å². The molecule has 1 aromatic carbocycles. The van der Waals surface area contributed by atoms with Crippen molar-refractivity contribution in [3.63, 3.8) is 0 Å². The lowest BCUT2D eigenvalue weighted by atomic mass is 10.2. The third kappa shape index (κ3) is 1.84. The van der Waals surface area contributed by atoms with Gasteiger partial charge in [-0.2, -0.15) is 5.26 Å². The zero-order valence-corrected chi connectivity index (χ0v) is 9.18. The maximum Gasteiger partial charge on any atom is 0.101 e. The number of halogens is 2. The first-order valence-corrected chi connectivity index (χ1v) is 4.67. The van der Waals surface area contributed by atoms with E-state index >= 15 is 0 Å². The standard InChI is InChI=1S/C7H4BrIN2/c8-5-2-7(11)4(3-10)1-6(5)9/h1-2H,11H2. The Bertz CT molecular complexity index is 330. The topological polar surface area (TPSA) is 49.8 Å². The molecule has 0 aliphatic heterocycles. The Labute approximate surface area is 86.7 Å². The molecule has 0 fully saturated rings. The van der Waals surface area contributed by atoms with Crippen LogP contribution >= 0.6 is 38.5 Å². The molecule has 56 valence electrons. The highest BCUT2D eigenvalue weighted by atomic mass is 127. The van der Waals surface area contributed by atoms with Gasteiger partial charge in [-0.05, 0) is 50.7 Å². The van der Waals surface area contributed by atoms with Crippen molar-refractivity contribution in [2.24, 2.45) is 0 Å². The number of anilines is 1. The second kappa shape index (κ2) is 3.41. The van der Waals surface area contributed by atoms with Gasteiger partial charge >= 0.3 is 0 Å². The molecule has 0 aliphatic carbocycles. The molecule has 0 radical (unpaired) electrons. The van der Waals surface area contributed by atoms with Crippen LogP contribution in [0.15, 0.2) is 16.6 Å². The van der Waals surface area contributed by atoms with E-state index in [1.54, 1.807) is 12.1 Å². The summed E-state index contributed by atoms with van der Waals surface area (Å²) in [6.45, 7) is 0. The van der Waals surface area contributed by atoms with Crippen LogP contribution in [-0.2, 0) is 0 Å². The maximum atomic E-state index is 8.59. The Balaban J connectivity index is 3.35. The van der Waals surface area contributed by atoms with Gasteiger partial charge in [-0.25, -0.2) is 0 Å². The minimum Gasteiger partial charge on any atom is -0.398 e. The molecule has 2 nitrogen and oxygen atoms in total. The number of benzene rings is 1. The fraction of sp³-hybridized carbons (Fsp3) is 0. The van der Waals surface area contributed by atoms with E-state index < -0.39 is 0 Å². The van der Waals surface area contributed by atoms with E-state index in [-0.39, 0.29) is 0 Å². The minimum atomic E-state index is 0.514. The molecule has 1 aromatic rings. The third-order valence-electron chi connectivity index (χ3n) is 1.21. The van der Waals surface area contributed by atoms with E-state index in [4.69, 9.17) is 11.0 Å². The van der Waals surface area contributed by atoms with Gasteiger partial charge in [0.2, 0.25) is 0 Å². The maximum absolute atomic E-state index is 8.59. The Morgan fingerprint density at radius 2 is 2.18 bits per heavy atom. The molecule has 2 N–H and O–H groups in total. The van der Waals surface area contributed by atoms with Crippen molar-refractivity contribution >= 4 is 44.2 Å². The lowest BCUT2D eigenvalue weighted by Gasteiger charge is -1.99. The summed E-state index contributed by atoms with van der Waals surface area (Å²) >= 11 is 5.45. The monoisotopic (exact) mass is 322 g/mol. The van der Waals surface area contributed by atoms with Crippen LogP contribution < -0.4 is 5.73 Å². The van der Waals surface area contributed by atoms with Crippen molar-refractivity contribution in [2.75, 3.05) is 5.73 Å². The molecule has 1 rings (SSSR count). The highest BCUT2D eigenvalue weighted by Crippen LogP contribution is 2.24. The first-order valence-electron chi connectivity index (χ1n) is 2.79. The van der Waals surface area contributed by atoms with E-state index in [1.807, 2.05) is 6.07 Å². The van der Waals surface area contributed by atoms with Crippen LogP contribution in [0.5, 0.6) is 0 Å². The molecular formula is C7H4BrIN2. The summed E-state index contributed by atoms with van der Waals surface area (Å²) in [5.74, 6) is 0. The first kappa shape index (κ1) is 8.81. The van der Waals surface area contributed by atoms with Crippen LogP contribution in [0, 0.1) is 14.9 Å². The number of nitrogens with two attached hydrogens (primary N) is 1. The summed E-state index contributed by atoms with van der Waals surface area (Å²) < 4.78 is 1.92. The summed E-state index contributed by atoms with van der Waals surface area (Å²) in [6.07, 6.45) is 0. The molecule has 0 unspecified atom stereocenters. The summed E-state index contributed by atoms with van der Waals surface area (Å²) in [7, 11) is 0. The van der Waals surface area contributed by atoms with Gasteiger partial charge in [-0.3, -0.25) is 0 Å². The van der Waals surface area contributed by atoms with Gasteiger partial charge < -0.3 is 5.73 Å². The van der Waals surface area contributed by atoms with Crippen LogP contribution in [-0.4, -0.2) is 0 Å². The van der Waals surface area contributed by atoms with E-state index in [0.29, 0.717) is 11.3 Å². The fourth-order valence-electron chi connectivity index (χ4n) is 0.659. The predicted molar refractivity (Wildman–Crippen MR) is 56.0 cm³/mol. The molecular weight excluding hydrogens is 319 g/mol. The quantitative estimate of drug-likeness (QED) is 0.589. The zero-order chi connectivity index (χ0) is 8.43. The van der Waals surface area contributed by atoms with Crippen molar-refractivity contribution in [2.45, 2.75) is 0 Å². The van der Waals surface area contributed by atoms with Crippen molar-refractivity contribution in [3.05, 3.63) is 25.7 Å². The molecule has 0 atom stereocenters. The Morgan fingerprint density at radius 3 is 2.73 bits per heavy atom. The second-order valence-corrected chi connectivity index (χ2v) is 3.98. The number of nitrogen functional groups attached to an aromatic ring is 1. The molecule has 11 heavy (non-hydrogen) atoms. The highest BCUT2D eigenvalue weighted by Gasteiger charge is 2.02. The molecule has 0 aromatic heterocycles. The molecule has 0 bridgehead atoms. The van der Waals surface area contributed by atoms with E-state index in [0.717, 1.165) is 8.04 Å². The molecule has 0 aliphatic rings. The lowest BCUT2D eigenvalue weighted by Crippen LogP contribution is -1.91. The first-order chi connectivity index (χ1) is 5.15. The summed E-state index contributed by atoms with van der Waals surface area (Å²) in [4.78, 5) is 0. The van der Waals surface area contributed by atoms with E-state index in [1.165, 1.54) is 0 Å². The molecule has 0 heterocycles. The van der Waals surface area contributed by atoms with Crippen molar-refractivity contribution < 1.29 is 0 Å². The molecule has 4 heteroatoms. The van der Waals surface area contributed by atoms with E-state index in [9.17, 15) is 0 Å². The van der Waals surface area contributed by atoms with Gasteiger partial charge in [0.15, 0.2) is 0 Å². The predicted octanol–water partition coefficient (Wildman–Crippen LogP) is 2.51. The lowest BCUT2D eigenvalue weighted by molar-refractivity contribution is 1.46. The largest absolute Gasteiger partial charge is 0.398 e. The van der Waals surface area contributed by atoms with Crippen LogP contribution in [0.1, 0.15) is 5.56 Å². The number of hydrogen-bond acceptors (Lipinski definition) is 2. The average molecular weight is 323 g/mol. The molecule has 0 saturated carbocycles. The average Bonchev–Trinajstić information content (AvgIpc) is 1.97. The van der Waals surface area contributed by atoms with Crippen molar-refractivity contribution in [3.8, 4) is 6.07 Å². The van der Waals surface area contributed by atoms with Crippen LogP contribution in [0.2, 0.25) is 0 Å². The number of hydrogen-bond donors (Lipinski definition) is 1. The van der Waals surface area contributed by atoms with Gasteiger partial charge in [0.1, 0.15) is 6.07 Å². The summed E-state index contributed by atoms with van der Waals surface area (Å²) in [6, 6.07) is 5.50. The number of rotatable bonds is 0. The van der Waals surface area contributed by atoms with Crippen LogP contribution in [0.3, 0.4) is 0 Å². The molecule has 0 spiro atoms. The van der Waals surface area contributed by atoms with Gasteiger partial charge in [-0.15, -0.1) is 0 Å². The summed E-state index contributed by atoms with van der Waals surface area (Å²) in [5, 5.41) is 8.59. The molecule has 0 amide bonds. The molecule has 0 saturated heterocycles. The van der Waals surface area contributed by atoms with Gasteiger partial charge in [-0.1, -0.05) is 0 Å². The Hall–Kier alpha value is -0.280. The van der Waals surface area contributed by atoms with Crippen LogP contribution in [0.25, 0.3) is 0 Å². The minimum absolute atomic E-state index is 0.514. The van der Waals surface area contributed by atoms with Crippen molar-refractivity contribution in [1.82, 2.24) is 0 Å². The van der Waals surface area contributed by atoms with Crippen LogP contribution in [0.4, 0.5) is 5.69 Å². The second-order valence-electron chi connectivity index (χ2n) is 1.97. The van der Waals surface area contributed by atoms with E-state index in [2.05, 4.69) is 38.5 Å². The Morgan fingerprint density at radius 1 is 1.55 bits per heavy atom. The summed E-state index contributed by atoms with van der Waals surface area (Å²) in [5.41, 5.74) is 6.58. The number of nitrogens with zero attached hydrogens (tertiary/aromatic N) is 1. The highest BCUT2D eigenvalue weighted by molar-refractivity contribution is 14.1. The SMILES string of the molecule is N#Cc1cc(I)c(Br)cc1N.